The van der Waals surface area contributed by atoms with Crippen molar-refractivity contribution in [2.24, 2.45) is 0 Å². The number of nitrogens with one attached hydrogen (secondary N) is 1. The van der Waals surface area contributed by atoms with Crippen LogP contribution in [0.4, 0.5) is 0 Å². The molecule has 1 fully saturated rings. The lowest BCUT2D eigenvalue weighted by Crippen LogP contribution is -2.38. The topological polar surface area (TPSA) is 88.8 Å². The predicted molar refractivity (Wildman–Crippen MR) is 110 cm³/mol. The van der Waals surface area contributed by atoms with Crippen molar-refractivity contribution in [3.05, 3.63) is 39.7 Å². The Morgan fingerprint density at radius 1 is 1.31 bits per heavy atom. The minimum absolute atomic E-state index is 0.192. The van der Waals surface area contributed by atoms with E-state index in [-0.39, 0.29) is 11.8 Å². The number of aryl methyl sites for hydroxylation is 2. The third kappa shape index (κ3) is 4.96. The minimum atomic E-state index is -0.704. The number of nitrogens with zero attached hydrogens (tertiary/aromatic N) is 1. The van der Waals surface area contributed by atoms with Gasteiger partial charge in [-0.15, -0.1) is 0 Å². The molecule has 3 rings (SSSR count). The Balaban J connectivity index is 1.64. The minimum Gasteiger partial charge on any atom is -0.480 e. The Morgan fingerprint density at radius 2 is 2.10 bits per heavy atom. The number of carbonyl (C=O) groups excluding carboxylic acids is 2. The number of amides is 2. The number of benzene rings is 1. The molecular weight excluding hydrogens is 372 g/mol. The van der Waals surface area contributed by atoms with Crippen LogP contribution in [0.2, 0.25) is 0 Å². The van der Waals surface area contributed by atoms with Gasteiger partial charge in [-0.2, -0.15) is 0 Å². The summed E-state index contributed by atoms with van der Waals surface area (Å²) in [5.41, 5.74) is 1.78. The molecule has 7 heteroatoms. The average molecular weight is 400 g/mol. The first kappa shape index (κ1) is 20.9. The molecule has 2 aromatic rings. The van der Waals surface area contributed by atoms with Crippen LogP contribution in [0.15, 0.2) is 27.4 Å². The van der Waals surface area contributed by atoms with E-state index < -0.39 is 11.7 Å². The van der Waals surface area contributed by atoms with E-state index in [4.69, 9.17) is 9.15 Å². The Bertz CT molecular complexity index is 966. The molecule has 1 atom stereocenters. The molecule has 0 unspecified atom stereocenters. The smallest absolute Gasteiger partial charge is 0.336 e. The van der Waals surface area contributed by atoms with Crippen molar-refractivity contribution in [1.82, 2.24) is 10.2 Å². The zero-order chi connectivity index (χ0) is 21.0. The van der Waals surface area contributed by atoms with Crippen molar-refractivity contribution in [3.8, 4) is 5.75 Å². The van der Waals surface area contributed by atoms with Gasteiger partial charge in [0, 0.05) is 32.1 Å². The normalized spacial score (nSPS) is 15.0. The van der Waals surface area contributed by atoms with Crippen LogP contribution in [-0.2, 0) is 16.0 Å². The van der Waals surface area contributed by atoms with Crippen LogP contribution in [-0.4, -0.2) is 42.5 Å². The highest BCUT2D eigenvalue weighted by molar-refractivity contribution is 5.88. The largest absolute Gasteiger partial charge is 0.480 e. The summed E-state index contributed by atoms with van der Waals surface area (Å²) in [6.07, 6.45) is 2.20. The number of carbonyl (C=O) groups is 2. The van der Waals surface area contributed by atoms with Gasteiger partial charge in [0.1, 0.15) is 11.3 Å². The first-order valence-corrected chi connectivity index (χ1v) is 10.2. The molecule has 29 heavy (non-hydrogen) atoms. The highest BCUT2D eigenvalue weighted by Crippen LogP contribution is 2.31. The highest BCUT2D eigenvalue weighted by Gasteiger charge is 2.20. The van der Waals surface area contributed by atoms with Crippen molar-refractivity contribution in [3.63, 3.8) is 0 Å². The van der Waals surface area contributed by atoms with Gasteiger partial charge in [-0.05, 0) is 56.4 Å². The van der Waals surface area contributed by atoms with Gasteiger partial charge in [0.25, 0.3) is 5.91 Å². The van der Waals surface area contributed by atoms with Crippen LogP contribution < -0.4 is 15.7 Å². The molecule has 156 valence electrons. The monoisotopic (exact) mass is 400 g/mol. The zero-order valence-electron chi connectivity index (χ0n) is 17.2. The number of hydrogen-bond donors (Lipinski definition) is 1. The zero-order valence-corrected chi connectivity index (χ0v) is 17.2. The SMILES string of the molecule is CCc1cc(=O)oc2cc(C)cc(O[C@H](C)C(=O)NCCCN3CCCC3=O)c12. The van der Waals surface area contributed by atoms with Crippen LogP contribution >= 0.6 is 0 Å². The van der Waals surface area contributed by atoms with Gasteiger partial charge in [-0.25, -0.2) is 4.79 Å². The molecule has 7 nitrogen and oxygen atoms in total. The van der Waals surface area contributed by atoms with Crippen molar-refractivity contribution >= 4 is 22.8 Å². The maximum atomic E-state index is 12.4. The fourth-order valence-corrected chi connectivity index (χ4v) is 3.65. The molecule has 1 aromatic carbocycles. The Labute approximate surface area is 170 Å². The van der Waals surface area contributed by atoms with E-state index in [1.54, 1.807) is 13.0 Å². The summed E-state index contributed by atoms with van der Waals surface area (Å²) in [5.74, 6) is 0.506. The molecule has 1 aromatic heterocycles. The second kappa shape index (κ2) is 9.11. The van der Waals surface area contributed by atoms with E-state index in [1.807, 2.05) is 24.8 Å². The average Bonchev–Trinajstić information content (AvgIpc) is 3.08. The fraction of sp³-hybridized carbons (Fsp3) is 0.500. The van der Waals surface area contributed by atoms with Crippen LogP contribution in [0.5, 0.6) is 5.75 Å². The molecule has 0 spiro atoms. The number of ether oxygens (including phenoxy) is 1. The van der Waals surface area contributed by atoms with Crippen LogP contribution in [0.25, 0.3) is 11.0 Å². The van der Waals surface area contributed by atoms with E-state index in [2.05, 4.69) is 5.32 Å². The summed E-state index contributed by atoms with van der Waals surface area (Å²) in [6, 6.07) is 5.12. The van der Waals surface area contributed by atoms with Crippen molar-refractivity contribution in [2.45, 2.75) is 52.6 Å². The summed E-state index contributed by atoms with van der Waals surface area (Å²) in [7, 11) is 0. The first-order valence-electron chi connectivity index (χ1n) is 10.2. The molecule has 1 saturated heterocycles. The lowest BCUT2D eigenvalue weighted by Gasteiger charge is -2.18. The molecule has 1 aliphatic heterocycles. The molecule has 0 saturated carbocycles. The summed E-state index contributed by atoms with van der Waals surface area (Å²) in [5, 5.41) is 3.59. The Hall–Kier alpha value is -2.83. The number of fused-ring (bicyclic) bond motifs is 1. The van der Waals surface area contributed by atoms with E-state index in [0.717, 1.165) is 29.5 Å². The summed E-state index contributed by atoms with van der Waals surface area (Å²) in [4.78, 5) is 37.7. The Kier molecular flexibility index (Phi) is 6.56. The van der Waals surface area contributed by atoms with E-state index >= 15 is 0 Å². The van der Waals surface area contributed by atoms with Gasteiger partial charge >= 0.3 is 5.63 Å². The third-order valence-electron chi connectivity index (χ3n) is 5.16. The maximum absolute atomic E-state index is 12.4. The van der Waals surface area contributed by atoms with Gasteiger partial charge in [-0.3, -0.25) is 9.59 Å². The quantitative estimate of drug-likeness (QED) is 0.543. The molecule has 1 aliphatic rings. The van der Waals surface area contributed by atoms with Crippen molar-refractivity contribution in [2.75, 3.05) is 19.6 Å². The van der Waals surface area contributed by atoms with Gasteiger partial charge in [0.15, 0.2) is 6.10 Å². The fourth-order valence-electron chi connectivity index (χ4n) is 3.65. The van der Waals surface area contributed by atoms with Crippen LogP contribution in [0.3, 0.4) is 0 Å². The molecule has 2 heterocycles. The second-order valence-corrected chi connectivity index (χ2v) is 7.47. The van der Waals surface area contributed by atoms with E-state index in [0.29, 0.717) is 43.7 Å². The van der Waals surface area contributed by atoms with Gasteiger partial charge < -0.3 is 19.4 Å². The lowest BCUT2D eigenvalue weighted by molar-refractivity contribution is -0.127. The first-order chi connectivity index (χ1) is 13.9. The van der Waals surface area contributed by atoms with Crippen molar-refractivity contribution in [1.29, 1.82) is 0 Å². The predicted octanol–water partition coefficient (Wildman–Crippen LogP) is 2.56. The number of likely N-dealkylation sites (tertiary alicyclic amines) is 1. The van der Waals surface area contributed by atoms with E-state index in [1.165, 1.54) is 6.07 Å². The second-order valence-electron chi connectivity index (χ2n) is 7.47. The molecular formula is C22H28N2O5. The van der Waals surface area contributed by atoms with Gasteiger partial charge in [0.05, 0.1) is 5.39 Å². The van der Waals surface area contributed by atoms with Crippen molar-refractivity contribution < 1.29 is 18.7 Å². The Morgan fingerprint density at radius 3 is 2.79 bits per heavy atom. The standard InChI is InChI=1S/C22H28N2O5/c1-4-16-13-20(26)29-18-12-14(2)11-17(21(16)18)28-15(3)22(27)23-8-6-10-24-9-5-7-19(24)25/h11-13,15H,4-10H2,1-3H3,(H,23,27)/t15-/m1/s1. The van der Waals surface area contributed by atoms with E-state index in [9.17, 15) is 14.4 Å². The summed E-state index contributed by atoms with van der Waals surface area (Å²) in [6.45, 7) is 7.49. The lowest BCUT2D eigenvalue weighted by atomic mass is 10.0. The molecule has 0 bridgehead atoms. The summed E-state index contributed by atoms with van der Waals surface area (Å²) >= 11 is 0. The maximum Gasteiger partial charge on any atom is 0.336 e. The number of rotatable bonds is 8. The molecule has 2 amide bonds. The molecule has 0 aliphatic carbocycles. The molecule has 1 N–H and O–H groups in total. The van der Waals surface area contributed by atoms with Gasteiger partial charge in [-0.1, -0.05) is 6.92 Å². The van der Waals surface area contributed by atoms with Gasteiger partial charge in [0.2, 0.25) is 5.91 Å². The number of hydrogen-bond acceptors (Lipinski definition) is 5. The third-order valence-corrected chi connectivity index (χ3v) is 5.16. The van der Waals surface area contributed by atoms with Crippen LogP contribution in [0.1, 0.15) is 44.2 Å². The molecule has 0 radical (unpaired) electrons. The summed E-state index contributed by atoms with van der Waals surface area (Å²) < 4.78 is 11.3. The highest BCUT2D eigenvalue weighted by atomic mass is 16.5. The van der Waals surface area contributed by atoms with Crippen LogP contribution in [0, 0.1) is 6.92 Å².